The predicted octanol–water partition coefficient (Wildman–Crippen LogP) is 1.81. The third kappa shape index (κ3) is 2.80. The molecule has 1 aromatic rings. The van der Waals surface area contributed by atoms with Gasteiger partial charge in [-0.2, -0.15) is 5.26 Å². The fourth-order valence-electron chi connectivity index (χ4n) is 1.12. The quantitative estimate of drug-likeness (QED) is 0.839. The summed E-state index contributed by atoms with van der Waals surface area (Å²) in [4.78, 5) is 15.8. The van der Waals surface area contributed by atoms with Crippen LogP contribution in [0.5, 0.6) is 0 Å². The number of amides is 1. The van der Waals surface area contributed by atoms with Crippen LogP contribution in [0, 0.1) is 18.3 Å². The summed E-state index contributed by atoms with van der Waals surface area (Å²) in [6, 6.07) is 5.56. The lowest BCUT2D eigenvalue weighted by Crippen LogP contribution is -2.44. The van der Waals surface area contributed by atoms with E-state index in [4.69, 9.17) is 5.26 Å². The third-order valence-electron chi connectivity index (χ3n) is 2.52. The average molecular weight is 217 g/mol. The summed E-state index contributed by atoms with van der Waals surface area (Å²) in [5.74, 6) is -0.265. The van der Waals surface area contributed by atoms with Gasteiger partial charge in [0.05, 0.1) is 11.6 Å². The Labute approximate surface area is 95.3 Å². The number of nitriles is 1. The third-order valence-corrected chi connectivity index (χ3v) is 2.52. The lowest BCUT2D eigenvalue weighted by molar-refractivity contribution is 0.0922. The van der Waals surface area contributed by atoms with Crippen molar-refractivity contribution in [3.63, 3.8) is 0 Å². The van der Waals surface area contributed by atoms with Crippen molar-refractivity contribution in [2.24, 2.45) is 0 Å². The molecule has 16 heavy (non-hydrogen) atoms. The summed E-state index contributed by atoms with van der Waals surface area (Å²) in [5, 5.41) is 11.6. The maximum Gasteiger partial charge on any atom is 0.254 e. The number of aryl methyl sites for hydroxylation is 1. The Bertz CT molecular complexity index is 419. The Hall–Kier alpha value is -1.89. The van der Waals surface area contributed by atoms with Crippen molar-refractivity contribution in [2.75, 3.05) is 0 Å². The molecule has 0 fully saturated rings. The molecule has 0 aliphatic carbocycles. The number of hydrogen-bond donors (Lipinski definition) is 1. The molecule has 84 valence electrons. The van der Waals surface area contributed by atoms with Crippen LogP contribution in [0.1, 0.15) is 36.3 Å². The SMILES string of the molecule is CC[C@](C)(C#N)NC(=O)c1ccc(C)nc1. The van der Waals surface area contributed by atoms with E-state index in [1.807, 2.05) is 13.8 Å². The fraction of sp³-hybridized carbons (Fsp3) is 0.417. The van der Waals surface area contributed by atoms with Gasteiger partial charge >= 0.3 is 0 Å². The Kier molecular flexibility index (Phi) is 3.62. The molecule has 0 aliphatic heterocycles. The highest BCUT2D eigenvalue weighted by Crippen LogP contribution is 2.09. The van der Waals surface area contributed by atoms with E-state index < -0.39 is 5.54 Å². The van der Waals surface area contributed by atoms with E-state index in [2.05, 4.69) is 16.4 Å². The maximum absolute atomic E-state index is 11.8. The van der Waals surface area contributed by atoms with Gasteiger partial charge < -0.3 is 5.32 Å². The van der Waals surface area contributed by atoms with Gasteiger partial charge in [-0.1, -0.05) is 6.92 Å². The van der Waals surface area contributed by atoms with Gasteiger partial charge in [0.1, 0.15) is 5.54 Å². The molecule has 1 aromatic heterocycles. The summed E-state index contributed by atoms with van der Waals surface area (Å²) in [7, 11) is 0. The number of pyridine rings is 1. The maximum atomic E-state index is 11.8. The Balaban J connectivity index is 2.81. The van der Waals surface area contributed by atoms with Crippen molar-refractivity contribution < 1.29 is 4.79 Å². The van der Waals surface area contributed by atoms with E-state index in [-0.39, 0.29) is 5.91 Å². The van der Waals surface area contributed by atoms with Crippen molar-refractivity contribution in [2.45, 2.75) is 32.7 Å². The van der Waals surface area contributed by atoms with Crippen LogP contribution in [0.25, 0.3) is 0 Å². The van der Waals surface area contributed by atoms with Crippen LogP contribution < -0.4 is 5.32 Å². The van der Waals surface area contributed by atoms with E-state index >= 15 is 0 Å². The Morgan fingerprint density at radius 1 is 1.62 bits per heavy atom. The van der Waals surface area contributed by atoms with E-state index in [1.165, 1.54) is 6.20 Å². The van der Waals surface area contributed by atoms with Crippen LogP contribution in [0.15, 0.2) is 18.3 Å². The largest absolute Gasteiger partial charge is 0.334 e. The Morgan fingerprint density at radius 2 is 2.31 bits per heavy atom. The molecule has 0 bridgehead atoms. The number of hydrogen-bond acceptors (Lipinski definition) is 3. The zero-order chi connectivity index (χ0) is 12.2. The van der Waals surface area contributed by atoms with Crippen molar-refractivity contribution in [1.82, 2.24) is 10.3 Å². The first-order valence-electron chi connectivity index (χ1n) is 5.17. The lowest BCUT2D eigenvalue weighted by Gasteiger charge is -2.21. The number of rotatable bonds is 3. The van der Waals surface area contributed by atoms with Gasteiger partial charge in [-0.05, 0) is 32.4 Å². The van der Waals surface area contributed by atoms with Gasteiger partial charge in [-0.25, -0.2) is 0 Å². The van der Waals surface area contributed by atoms with Gasteiger partial charge in [-0.15, -0.1) is 0 Å². The molecular formula is C12H15N3O. The van der Waals surface area contributed by atoms with Crippen LogP contribution in [-0.4, -0.2) is 16.4 Å². The highest BCUT2D eigenvalue weighted by molar-refractivity contribution is 5.94. The molecule has 0 spiro atoms. The van der Waals surface area contributed by atoms with Crippen molar-refractivity contribution in [3.8, 4) is 6.07 Å². The first-order valence-corrected chi connectivity index (χ1v) is 5.17. The number of nitrogens with zero attached hydrogens (tertiary/aromatic N) is 2. The van der Waals surface area contributed by atoms with Crippen molar-refractivity contribution in [1.29, 1.82) is 5.26 Å². The summed E-state index contributed by atoms with van der Waals surface area (Å²) >= 11 is 0. The Morgan fingerprint density at radius 3 is 2.75 bits per heavy atom. The molecule has 0 unspecified atom stereocenters. The summed E-state index contributed by atoms with van der Waals surface area (Å²) in [6.07, 6.45) is 2.08. The second kappa shape index (κ2) is 4.75. The summed E-state index contributed by atoms with van der Waals surface area (Å²) in [6.45, 7) is 5.41. The number of nitrogens with one attached hydrogen (secondary N) is 1. The highest BCUT2D eigenvalue weighted by atomic mass is 16.1. The monoisotopic (exact) mass is 217 g/mol. The molecule has 1 rings (SSSR count). The minimum atomic E-state index is -0.817. The second-order valence-electron chi connectivity index (χ2n) is 3.94. The topological polar surface area (TPSA) is 65.8 Å². The first kappa shape index (κ1) is 12.2. The van der Waals surface area contributed by atoms with Gasteiger partial charge in [0.2, 0.25) is 0 Å². The predicted molar refractivity (Wildman–Crippen MR) is 60.7 cm³/mol. The van der Waals surface area contributed by atoms with Gasteiger partial charge in [0.15, 0.2) is 0 Å². The fourth-order valence-corrected chi connectivity index (χ4v) is 1.12. The second-order valence-corrected chi connectivity index (χ2v) is 3.94. The highest BCUT2D eigenvalue weighted by Gasteiger charge is 2.24. The van der Waals surface area contributed by atoms with Gasteiger partial charge in [0, 0.05) is 11.9 Å². The van der Waals surface area contributed by atoms with Crippen molar-refractivity contribution >= 4 is 5.91 Å². The van der Waals surface area contributed by atoms with E-state index in [1.54, 1.807) is 19.1 Å². The molecule has 0 radical (unpaired) electrons. The molecule has 0 saturated carbocycles. The number of carbonyl (C=O) groups is 1. The molecule has 1 heterocycles. The average Bonchev–Trinajstić information content (AvgIpc) is 2.29. The zero-order valence-electron chi connectivity index (χ0n) is 9.74. The smallest absolute Gasteiger partial charge is 0.254 e. The molecule has 0 aliphatic rings. The number of aromatic nitrogens is 1. The van der Waals surface area contributed by atoms with Crippen LogP contribution in [-0.2, 0) is 0 Å². The van der Waals surface area contributed by atoms with Crippen molar-refractivity contribution in [3.05, 3.63) is 29.6 Å². The normalized spacial score (nSPS) is 13.6. The molecule has 4 heteroatoms. The van der Waals surface area contributed by atoms with Gasteiger partial charge in [-0.3, -0.25) is 9.78 Å². The van der Waals surface area contributed by atoms with Crippen LogP contribution in [0.3, 0.4) is 0 Å². The van der Waals surface area contributed by atoms with Crippen LogP contribution in [0.2, 0.25) is 0 Å². The van der Waals surface area contributed by atoms with E-state index in [0.717, 1.165) is 5.69 Å². The minimum Gasteiger partial charge on any atom is -0.334 e. The molecule has 0 saturated heterocycles. The summed E-state index contributed by atoms with van der Waals surface area (Å²) < 4.78 is 0. The standard InChI is InChI=1S/C12H15N3O/c1-4-12(3,8-13)15-11(16)10-6-5-9(2)14-7-10/h5-7H,4H2,1-3H3,(H,15,16)/t12-/m1/s1. The minimum absolute atomic E-state index is 0.265. The molecule has 4 nitrogen and oxygen atoms in total. The molecule has 1 N–H and O–H groups in total. The van der Waals surface area contributed by atoms with E-state index in [0.29, 0.717) is 12.0 Å². The molecule has 1 amide bonds. The lowest BCUT2D eigenvalue weighted by atomic mass is 10.0. The zero-order valence-corrected chi connectivity index (χ0v) is 9.74. The van der Waals surface area contributed by atoms with E-state index in [9.17, 15) is 4.79 Å². The van der Waals surface area contributed by atoms with Crippen LogP contribution in [0.4, 0.5) is 0 Å². The van der Waals surface area contributed by atoms with Crippen LogP contribution >= 0.6 is 0 Å². The molecule has 0 aromatic carbocycles. The molecular weight excluding hydrogens is 202 g/mol. The summed E-state index contributed by atoms with van der Waals surface area (Å²) in [5.41, 5.74) is 0.512. The first-order chi connectivity index (χ1) is 7.50. The number of carbonyl (C=O) groups excluding carboxylic acids is 1. The molecule has 1 atom stereocenters. The van der Waals surface area contributed by atoms with Gasteiger partial charge in [0.25, 0.3) is 5.91 Å².